The van der Waals surface area contributed by atoms with Crippen LogP contribution in [0.5, 0.6) is 0 Å². The first-order valence-corrected chi connectivity index (χ1v) is 9.72. The Balaban J connectivity index is 1.49. The molecule has 2 aromatic carbocycles. The summed E-state index contributed by atoms with van der Waals surface area (Å²) in [7, 11) is 0. The zero-order valence-electron chi connectivity index (χ0n) is 16.5. The molecule has 4 aromatic rings. The van der Waals surface area contributed by atoms with Crippen LogP contribution in [0.15, 0.2) is 61.1 Å². The lowest BCUT2D eigenvalue weighted by Gasteiger charge is -2.15. The van der Waals surface area contributed by atoms with Gasteiger partial charge in [0, 0.05) is 29.1 Å². The highest BCUT2D eigenvalue weighted by Gasteiger charge is 2.25. The number of H-pyrrole nitrogens is 1. The third kappa shape index (κ3) is 3.98. The van der Waals surface area contributed by atoms with Crippen molar-refractivity contribution in [3.05, 3.63) is 77.7 Å². The number of nitrogens with one attached hydrogen (secondary N) is 1. The molecule has 30 heavy (non-hydrogen) atoms. The zero-order valence-corrected chi connectivity index (χ0v) is 16.5. The molecule has 0 aliphatic heterocycles. The quantitative estimate of drug-likeness (QED) is 0.358. The summed E-state index contributed by atoms with van der Waals surface area (Å²) in [6.07, 6.45) is 4.24. The number of fused-ring (bicyclic) bond motifs is 1. The Bertz CT molecular complexity index is 1150. The Labute approximate surface area is 172 Å². The Hall–Kier alpha value is -3.81. The van der Waals surface area contributed by atoms with E-state index in [2.05, 4.69) is 27.4 Å². The van der Waals surface area contributed by atoms with Gasteiger partial charge in [-0.15, -0.1) is 5.10 Å². The smallest absolute Gasteiger partial charge is 0.331 e. The van der Waals surface area contributed by atoms with Gasteiger partial charge in [0.2, 0.25) is 5.78 Å². The number of aryl methyl sites for hydroxylation is 1. The number of carbonyl (C=O) groups is 2. The number of carbonyl (C=O) groups excluding carboxylic acids is 2. The van der Waals surface area contributed by atoms with Gasteiger partial charge in [0.1, 0.15) is 6.33 Å². The third-order valence-electron chi connectivity index (χ3n) is 5.06. The lowest BCUT2D eigenvalue weighted by Crippen LogP contribution is -2.26. The lowest BCUT2D eigenvalue weighted by atomic mass is 10.1. The Kier molecular flexibility index (Phi) is 5.65. The fraction of sp³-hybridized carbons (Fsp3) is 0.227. The summed E-state index contributed by atoms with van der Waals surface area (Å²) in [5.41, 5.74) is 3.51. The lowest BCUT2D eigenvalue weighted by molar-refractivity contribution is -0.146. The van der Waals surface area contributed by atoms with Gasteiger partial charge in [-0.3, -0.25) is 4.79 Å². The summed E-state index contributed by atoms with van der Waals surface area (Å²) in [6.45, 7) is 1.71. The van der Waals surface area contributed by atoms with Gasteiger partial charge in [-0.25, -0.2) is 9.48 Å². The number of benzene rings is 2. The molecule has 0 radical (unpaired) electrons. The van der Waals surface area contributed by atoms with Crippen LogP contribution in [0.3, 0.4) is 0 Å². The minimum absolute atomic E-state index is 0.266. The van der Waals surface area contributed by atoms with Gasteiger partial charge in [-0.2, -0.15) is 0 Å². The first-order chi connectivity index (χ1) is 14.7. The maximum atomic E-state index is 12.8. The molecule has 8 nitrogen and oxygen atoms in total. The molecule has 0 aliphatic carbocycles. The summed E-state index contributed by atoms with van der Waals surface area (Å²) in [5, 5.41) is 11.9. The van der Waals surface area contributed by atoms with Crippen molar-refractivity contribution in [3.63, 3.8) is 0 Å². The number of aromatic amines is 1. The second kappa shape index (κ2) is 8.69. The number of esters is 1. The van der Waals surface area contributed by atoms with Gasteiger partial charge in [0.15, 0.2) is 12.6 Å². The number of hydrogen-bond acceptors (Lipinski definition) is 6. The maximum absolute atomic E-state index is 12.8. The van der Waals surface area contributed by atoms with Crippen LogP contribution < -0.4 is 0 Å². The molecule has 2 aromatic heterocycles. The molecule has 2 heterocycles. The predicted octanol–water partition coefficient (Wildman–Crippen LogP) is 2.93. The van der Waals surface area contributed by atoms with Gasteiger partial charge in [-0.05, 0) is 28.0 Å². The summed E-state index contributed by atoms with van der Waals surface area (Å²) < 4.78 is 6.72. The third-order valence-corrected chi connectivity index (χ3v) is 5.06. The first kappa shape index (κ1) is 19.5. The fourth-order valence-electron chi connectivity index (χ4n) is 3.49. The van der Waals surface area contributed by atoms with Crippen LogP contribution in [0.4, 0.5) is 0 Å². The second-order valence-corrected chi connectivity index (χ2v) is 6.92. The summed E-state index contributed by atoms with van der Waals surface area (Å²) in [4.78, 5) is 28.7. The first-order valence-electron chi connectivity index (χ1n) is 9.72. The monoisotopic (exact) mass is 403 g/mol. The minimum atomic E-state index is -0.759. The van der Waals surface area contributed by atoms with Gasteiger partial charge in [-0.1, -0.05) is 55.5 Å². The number of para-hydroxylation sites is 1. The van der Waals surface area contributed by atoms with Gasteiger partial charge in [0.25, 0.3) is 0 Å². The number of tetrazole rings is 1. The minimum Gasteiger partial charge on any atom is -0.456 e. The van der Waals surface area contributed by atoms with E-state index < -0.39 is 12.0 Å². The van der Waals surface area contributed by atoms with E-state index in [4.69, 9.17) is 4.74 Å². The highest BCUT2D eigenvalue weighted by molar-refractivity contribution is 6.09. The number of hydrogen-bond donors (Lipinski definition) is 1. The molecule has 8 heteroatoms. The Morgan fingerprint density at radius 2 is 1.97 bits per heavy atom. The largest absolute Gasteiger partial charge is 0.456 e. The van der Waals surface area contributed by atoms with Crippen molar-refractivity contribution >= 4 is 22.7 Å². The molecule has 0 spiro atoms. The molecule has 0 fully saturated rings. The standard InChI is InChI=1S/C22H21N5O3/c1-2-16-9-6-10-17-18(12-23-21(16)17)20(28)13-30-22(29)19(27-14-24-25-26-27)11-15-7-4-3-5-8-15/h3-10,12,14,19,23H,2,11,13H2,1H3/t19-/m1/s1. The molecule has 1 N–H and O–H groups in total. The molecule has 0 saturated carbocycles. The topological polar surface area (TPSA) is 103 Å². The molecular formula is C22H21N5O3. The summed E-state index contributed by atoms with van der Waals surface area (Å²) >= 11 is 0. The average molecular weight is 403 g/mol. The van der Waals surface area contributed by atoms with E-state index in [1.807, 2.05) is 48.5 Å². The van der Waals surface area contributed by atoms with Crippen LogP contribution in [0.2, 0.25) is 0 Å². The van der Waals surface area contributed by atoms with E-state index in [0.29, 0.717) is 12.0 Å². The van der Waals surface area contributed by atoms with Crippen molar-refractivity contribution in [2.45, 2.75) is 25.8 Å². The zero-order chi connectivity index (χ0) is 20.9. The maximum Gasteiger partial charge on any atom is 0.331 e. The number of ether oxygens (including phenoxy) is 1. The Morgan fingerprint density at radius 3 is 2.70 bits per heavy atom. The molecule has 0 saturated heterocycles. The highest BCUT2D eigenvalue weighted by atomic mass is 16.5. The molecule has 1 atom stereocenters. The number of aromatic nitrogens is 5. The van der Waals surface area contributed by atoms with Crippen molar-refractivity contribution in [1.29, 1.82) is 0 Å². The summed E-state index contributed by atoms with van der Waals surface area (Å²) in [6, 6.07) is 14.6. The van der Waals surface area contributed by atoms with Crippen LogP contribution >= 0.6 is 0 Å². The van der Waals surface area contributed by atoms with Crippen LogP contribution in [-0.4, -0.2) is 43.6 Å². The number of ketones is 1. The molecule has 152 valence electrons. The van der Waals surface area contributed by atoms with Crippen molar-refractivity contribution in [1.82, 2.24) is 25.2 Å². The predicted molar refractivity (Wildman–Crippen MR) is 110 cm³/mol. The SMILES string of the molecule is CCc1cccc2c(C(=O)COC(=O)[C@@H](Cc3ccccc3)n3cnnn3)c[nH]c12. The van der Waals surface area contributed by atoms with E-state index >= 15 is 0 Å². The average Bonchev–Trinajstić information content (AvgIpc) is 3.46. The van der Waals surface area contributed by atoms with Crippen molar-refractivity contribution < 1.29 is 14.3 Å². The van der Waals surface area contributed by atoms with Gasteiger partial charge >= 0.3 is 5.97 Å². The second-order valence-electron chi connectivity index (χ2n) is 6.92. The molecule has 0 amide bonds. The Morgan fingerprint density at radius 1 is 1.13 bits per heavy atom. The van der Waals surface area contributed by atoms with Crippen molar-refractivity contribution in [2.75, 3.05) is 6.61 Å². The van der Waals surface area contributed by atoms with E-state index in [-0.39, 0.29) is 12.4 Å². The fourth-order valence-corrected chi connectivity index (χ4v) is 3.49. The van der Waals surface area contributed by atoms with E-state index in [0.717, 1.165) is 28.5 Å². The molecular weight excluding hydrogens is 382 g/mol. The molecule has 4 rings (SSSR count). The van der Waals surface area contributed by atoms with Gasteiger partial charge in [0.05, 0.1) is 0 Å². The van der Waals surface area contributed by atoms with E-state index in [1.165, 1.54) is 11.0 Å². The molecule has 0 unspecified atom stereocenters. The normalized spacial score (nSPS) is 12.0. The summed E-state index contributed by atoms with van der Waals surface area (Å²) in [5.74, 6) is -0.827. The van der Waals surface area contributed by atoms with Crippen LogP contribution in [0, 0.1) is 0 Å². The van der Waals surface area contributed by atoms with Crippen molar-refractivity contribution in [2.24, 2.45) is 0 Å². The molecule has 0 bridgehead atoms. The highest BCUT2D eigenvalue weighted by Crippen LogP contribution is 2.23. The molecule has 0 aliphatic rings. The number of nitrogens with zero attached hydrogens (tertiary/aromatic N) is 4. The van der Waals surface area contributed by atoms with Crippen molar-refractivity contribution in [3.8, 4) is 0 Å². The van der Waals surface area contributed by atoms with E-state index in [9.17, 15) is 9.59 Å². The number of rotatable bonds is 8. The van der Waals surface area contributed by atoms with Crippen LogP contribution in [0.25, 0.3) is 10.9 Å². The van der Waals surface area contributed by atoms with Gasteiger partial charge < -0.3 is 9.72 Å². The van der Waals surface area contributed by atoms with Crippen LogP contribution in [-0.2, 0) is 22.4 Å². The number of Topliss-reactive ketones (excluding diaryl/α,β-unsaturated/α-hetero) is 1. The van der Waals surface area contributed by atoms with Crippen LogP contribution in [0.1, 0.15) is 34.5 Å². The van der Waals surface area contributed by atoms with E-state index in [1.54, 1.807) is 6.20 Å².